The minimum Gasteiger partial charge on any atom is -0.493 e. The lowest BCUT2D eigenvalue weighted by Crippen LogP contribution is -2.35. The molecule has 5 heteroatoms. The van der Waals surface area contributed by atoms with Crippen LogP contribution in [0.4, 0.5) is 0 Å². The van der Waals surface area contributed by atoms with Crippen molar-refractivity contribution in [1.29, 1.82) is 0 Å². The molecule has 104 valence electrons. The molecule has 0 aliphatic heterocycles. The van der Waals surface area contributed by atoms with Crippen molar-refractivity contribution in [2.24, 2.45) is 5.73 Å². The van der Waals surface area contributed by atoms with Crippen molar-refractivity contribution in [2.45, 2.75) is 24.8 Å². The van der Waals surface area contributed by atoms with Gasteiger partial charge in [0.1, 0.15) is 5.54 Å². The van der Waals surface area contributed by atoms with Crippen LogP contribution in [0.3, 0.4) is 0 Å². The number of methoxy groups -OCH3 is 2. The highest BCUT2D eigenvalue weighted by Gasteiger charge is 2.59. The molecule has 0 saturated heterocycles. The summed E-state index contributed by atoms with van der Waals surface area (Å²) in [7, 11) is 2.94. The van der Waals surface area contributed by atoms with E-state index in [-0.39, 0.29) is 11.9 Å². The fraction of sp³-hybridized carbons (Fsp3) is 0.500. The third-order valence-electron chi connectivity index (χ3n) is 3.46. The van der Waals surface area contributed by atoms with Gasteiger partial charge in [-0.15, -0.1) is 0 Å². The average molecular weight is 265 g/mol. The van der Waals surface area contributed by atoms with E-state index in [1.54, 1.807) is 7.11 Å². The van der Waals surface area contributed by atoms with E-state index in [0.717, 1.165) is 5.56 Å². The summed E-state index contributed by atoms with van der Waals surface area (Å²) in [4.78, 5) is 11.6. The van der Waals surface area contributed by atoms with E-state index in [1.165, 1.54) is 7.11 Å². The van der Waals surface area contributed by atoms with Gasteiger partial charge in [-0.2, -0.15) is 0 Å². The molecule has 0 bridgehead atoms. The second-order valence-electron chi connectivity index (χ2n) is 4.63. The Kier molecular flexibility index (Phi) is 3.66. The minimum atomic E-state index is -0.896. The summed E-state index contributed by atoms with van der Waals surface area (Å²) in [5.74, 6) is 0.948. The number of carbonyl (C=O) groups excluding carboxylic acids is 1. The van der Waals surface area contributed by atoms with Crippen LogP contribution in [0.1, 0.15) is 24.8 Å². The molecule has 2 rings (SSSR count). The number of rotatable bonds is 5. The lowest BCUT2D eigenvalue weighted by Gasteiger charge is -2.12. The average Bonchev–Trinajstić information content (AvgIpc) is 3.12. The highest BCUT2D eigenvalue weighted by atomic mass is 16.5. The molecule has 0 radical (unpaired) electrons. The molecule has 1 aliphatic carbocycles. The molecule has 0 amide bonds. The second-order valence-corrected chi connectivity index (χ2v) is 4.63. The summed E-state index contributed by atoms with van der Waals surface area (Å²) >= 11 is 0. The number of ether oxygens (including phenoxy) is 3. The smallest absolute Gasteiger partial charge is 0.326 e. The molecule has 19 heavy (non-hydrogen) atoms. The molecule has 2 atom stereocenters. The summed E-state index contributed by atoms with van der Waals surface area (Å²) in [6, 6.07) is 5.62. The summed E-state index contributed by atoms with van der Waals surface area (Å²) in [6.45, 7) is 2.48. The van der Waals surface area contributed by atoms with Crippen molar-refractivity contribution in [2.75, 3.05) is 20.8 Å². The van der Waals surface area contributed by atoms with Gasteiger partial charge in [-0.05, 0) is 31.0 Å². The Morgan fingerprint density at radius 3 is 2.74 bits per heavy atom. The first-order valence-electron chi connectivity index (χ1n) is 6.24. The van der Waals surface area contributed by atoms with E-state index >= 15 is 0 Å². The Hall–Kier alpha value is -1.75. The Balaban J connectivity index is 2.22. The van der Waals surface area contributed by atoms with Gasteiger partial charge in [-0.1, -0.05) is 6.07 Å². The van der Waals surface area contributed by atoms with Crippen molar-refractivity contribution < 1.29 is 19.0 Å². The summed E-state index contributed by atoms with van der Waals surface area (Å²) < 4.78 is 15.5. The molecular weight excluding hydrogens is 246 g/mol. The zero-order valence-electron chi connectivity index (χ0n) is 11.4. The fourth-order valence-electron chi connectivity index (χ4n) is 2.29. The molecular formula is C14H19NO4. The molecule has 0 heterocycles. The van der Waals surface area contributed by atoms with Crippen LogP contribution in [0.25, 0.3) is 0 Å². The standard InChI is InChI=1S/C14H19NO4/c1-4-19-11-6-5-9(7-12(11)17-2)10-8-14(10,15)13(16)18-3/h5-7,10H,4,8,15H2,1-3H3. The maximum atomic E-state index is 11.6. The third-order valence-corrected chi connectivity index (χ3v) is 3.46. The van der Waals surface area contributed by atoms with Crippen molar-refractivity contribution in [3.8, 4) is 11.5 Å². The molecule has 0 aromatic heterocycles. The second kappa shape index (κ2) is 5.09. The summed E-state index contributed by atoms with van der Waals surface area (Å²) in [5.41, 5.74) is 6.09. The van der Waals surface area contributed by atoms with E-state index in [2.05, 4.69) is 0 Å². The van der Waals surface area contributed by atoms with E-state index in [1.807, 2.05) is 25.1 Å². The van der Waals surface area contributed by atoms with Crippen LogP contribution in [-0.4, -0.2) is 32.3 Å². The summed E-state index contributed by atoms with van der Waals surface area (Å²) in [5, 5.41) is 0. The number of benzene rings is 1. The van der Waals surface area contributed by atoms with Crippen LogP contribution >= 0.6 is 0 Å². The van der Waals surface area contributed by atoms with E-state index in [4.69, 9.17) is 19.9 Å². The predicted molar refractivity (Wildman–Crippen MR) is 70.5 cm³/mol. The zero-order valence-corrected chi connectivity index (χ0v) is 11.4. The first kappa shape index (κ1) is 13.7. The number of hydrogen-bond donors (Lipinski definition) is 1. The number of carbonyl (C=O) groups is 1. The zero-order chi connectivity index (χ0) is 14.0. The molecule has 1 aliphatic rings. The van der Waals surface area contributed by atoms with Crippen molar-refractivity contribution in [1.82, 2.24) is 0 Å². The largest absolute Gasteiger partial charge is 0.493 e. The normalized spacial score (nSPS) is 24.7. The van der Waals surface area contributed by atoms with Crippen LogP contribution < -0.4 is 15.2 Å². The Bertz CT molecular complexity index is 488. The lowest BCUT2D eigenvalue weighted by molar-refractivity contribution is -0.143. The van der Waals surface area contributed by atoms with Crippen LogP contribution in [-0.2, 0) is 9.53 Å². The predicted octanol–water partition coefficient (Wildman–Crippen LogP) is 1.45. The van der Waals surface area contributed by atoms with Gasteiger partial charge < -0.3 is 19.9 Å². The van der Waals surface area contributed by atoms with Crippen molar-refractivity contribution in [3.63, 3.8) is 0 Å². The maximum Gasteiger partial charge on any atom is 0.326 e. The number of hydrogen-bond acceptors (Lipinski definition) is 5. The van der Waals surface area contributed by atoms with Gasteiger partial charge in [0.05, 0.1) is 20.8 Å². The molecule has 0 spiro atoms. The first-order chi connectivity index (χ1) is 9.06. The van der Waals surface area contributed by atoms with Gasteiger partial charge in [0.15, 0.2) is 11.5 Å². The van der Waals surface area contributed by atoms with Gasteiger partial charge in [0.2, 0.25) is 0 Å². The Labute approximate surface area is 112 Å². The van der Waals surface area contributed by atoms with Crippen LogP contribution in [0, 0.1) is 0 Å². The topological polar surface area (TPSA) is 70.8 Å². The van der Waals surface area contributed by atoms with Crippen LogP contribution in [0.5, 0.6) is 11.5 Å². The van der Waals surface area contributed by atoms with Crippen molar-refractivity contribution in [3.05, 3.63) is 23.8 Å². The number of esters is 1. The monoisotopic (exact) mass is 265 g/mol. The van der Waals surface area contributed by atoms with Crippen molar-refractivity contribution >= 4 is 5.97 Å². The minimum absolute atomic E-state index is 0.0236. The SMILES string of the molecule is CCOc1ccc(C2CC2(N)C(=O)OC)cc1OC. The molecule has 1 aromatic carbocycles. The first-order valence-corrected chi connectivity index (χ1v) is 6.24. The fourth-order valence-corrected chi connectivity index (χ4v) is 2.29. The van der Waals surface area contributed by atoms with Gasteiger partial charge in [-0.25, -0.2) is 0 Å². The highest BCUT2D eigenvalue weighted by Crippen LogP contribution is 2.51. The van der Waals surface area contributed by atoms with Gasteiger partial charge in [0, 0.05) is 5.92 Å². The van der Waals surface area contributed by atoms with E-state index < -0.39 is 5.54 Å². The van der Waals surface area contributed by atoms with E-state index in [0.29, 0.717) is 24.5 Å². The Morgan fingerprint density at radius 2 is 2.16 bits per heavy atom. The Morgan fingerprint density at radius 1 is 1.42 bits per heavy atom. The van der Waals surface area contributed by atoms with Gasteiger partial charge >= 0.3 is 5.97 Å². The molecule has 1 fully saturated rings. The molecule has 1 aromatic rings. The maximum absolute atomic E-state index is 11.6. The lowest BCUT2D eigenvalue weighted by atomic mass is 10.1. The van der Waals surface area contributed by atoms with Gasteiger partial charge in [0.25, 0.3) is 0 Å². The molecule has 5 nitrogen and oxygen atoms in total. The number of nitrogens with two attached hydrogens (primary N) is 1. The summed E-state index contributed by atoms with van der Waals surface area (Å²) in [6.07, 6.45) is 0.594. The molecule has 1 saturated carbocycles. The van der Waals surface area contributed by atoms with E-state index in [9.17, 15) is 4.79 Å². The van der Waals surface area contributed by atoms with Crippen LogP contribution in [0.2, 0.25) is 0 Å². The third kappa shape index (κ3) is 2.38. The quantitative estimate of drug-likeness (QED) is 0.816. The molecule has 2 N–H and O–H groups in total. The van der Waals surface area contributed by atoms with Crippen LogP contribution in [0.15, 0.2) is 18.2 Å². The molecule has 2 unspecified atom stereocenters. The van der Waals surface area contributed by atoms with Gasteiger partial charge in [-0.3, -0.25) is 4.79 Å². The highest BCUT2D eigenvalue weighted by molar-refractivity contribution is 5.86.